The molecule has 3 fully saturated rings. The number of piperidine rings is 1. The van der Waals surface area contributed by atoms with Crippen molar-refractivity contribution in [3.63, 3.8) is 0 Å². The van der Waals surface area contributed by atoms with E-state index in [1.807, 2.05) is 24.3 Å². The second-order valence-electron chi connectivity index (χ2n) is 9.74. The van der Waals surface area contributed by atoms with Crippen LogP contribution in [0, 0.1) is 0 Å². The fourth-order valence-corrected chi connectivity index (χ4v) is 8.54. The standard InChI is InChI=1S/C26H30N4O5S2/c31-24-18-36-26(22-6-2-3-7-23(22)29(25(26)32)19-27-14-16-35-17-15-27)30(24)20-8-10-21(11-9-20)37(33,34)28-12-4-1-5-13-28/h2-3,6-11H,1,4-5,12-19H2. The number of hydrogen-bond donors (Lipinski definition) is 0. The van der Waals surface area contributed by atoms with Crippen molar-refractivity contribution in [3.05, 3.63) is 54.1 Å². The fourth-order valence-electron chi connectivity index (χ4n) is 5.66. The lowest BCUT2D eigenvalue weighted by Gasteiger charge is -2.35. The molecule has 1 atom stereocenters. The molecule has 0 aromatic heterocycles. The molecule has 1 spiro atoms. The molecule has 4 heterocycles. The lowest BCUT2D eigenvalue weighted by atomic mass is 10.0. The summed E-state index contributed by atoms with van der Waals surface area (Å²) in [6, 6.07) is 14.1. The van der Waals surface area contributed by atoms with E-state index in [0.717, 1.165) is 43.6 Å². The number of carbonyl (C=O) groups is 2. The molecule has 0 N–H and O–H groups in total. The monoisotopic (exact) mass is 542 g/mol. The zero-order valence-corrected chi connectivity index (χ0v) is 22.2. The second kappa shape index (κ2) is 9.70. The Balaban J connectivity index is 1.35. The highest BCUT2D eigenvalue weighted by molar-refractivity contribution is 8.02. The topological polar surface area (TPSA) is 90.5 Å². The molecule has 0 aliphatic carbocycles. The highest BCUT2D eigenvalue weighted by atomic mass is 32.2. The number of carbonyl (C=O) groups excluding carboxylic acids is 2. The molecule has 3 saturated heterocycles. The first-order valence-electron chi connectivity index (χ1n) is 12.7. The van der Waals surface area contributed by atoms with Crippen LogP contribution < -0.4 is 9.80 Å². The van der Waals surface area contributed by atoms with Crippen LogP contribution in [-0.4, -0.2) is 81.3 Å². The maximum atomic E-state index is 14.2. The molecule has 4 aliphatic heterocycles. The third-order valence-electron chi connectivity index (χ3n) is 7.56. The van der Waals surface area contributed by atoms with Gasteiger partial charge in [0.15, 0.2) is 0 Å². The zero-order chi connectivity index (χ0) is 25.6. The van der Waals surface area contributed by atoms with Crippen LogP contribution in [0.25, 0.3) is 0 Å². The van der Waals surface area contributed by atoms with Crippen molar-refractivity contribution in [2.24, 2.45) is 0 Å². The van der Waals surface area contributed by atoms with Crippen LogP contribution in [0.3, 0.4) is 0 Å². The Morgan fingerprint density at radius 3 is 2.32 bits per heavy atom. The SMILES string of the molecule is O=C1CSC2(C(=O)N(CN3CCOCC3)c3ccccc32)N1c1ccc(S(=O)(=O)N2CCCCC2)cc1. The van der Waals surface area contributed by atoms with E-state index < -0.39 is 14.9 Å². The minimum atomic E-state index is -3.59. The first-order valence-corrected chi connectivity index (χ1v) is 15.1. The van der Waals surface area contributed by atoms with Crippen LogP contribution in [0.5, 0.6) is 0 Å². The molecule has 2 aromatic carbocycles. The Kier molecular flexibility index (Phi) is 6.52. The van der Waals surface area contributed by atoms with E-state index in [9.17, 15) is 18.0 Å². The second-order valence-corrected chi connectivity index (χ2v) is 12.8. The Morgan fingerprint density at radius 1 is 0.892 bits per heavy atom. The maximum Gasteiger partial charge on any atom is 0.269 e. The third-order valence-corrected chi connectivity index (χ3v) is 10.9. The van der Waals surface area contributed by atoms with Crippen LogP contribution in [-0.2, 0) is 29.2 Å². The Labute approximate surface area is 221 Å². The molecule has 9 nitrogen and oxygen atoms in total. The molecule has 0 radical (unpaired) electrons. The third kappa shape index (κ3) is 4.08. The van der Waals surface area contributed by atoms with Crippen molar-refractivity contribution in [2.45, 2.75) is 29.0 Å². The van der Waals surface area contributed by atoms with Gasteiger partial charge in [-0.05, 0) is 43.2 Å². The number of nitrogens with zero attached hydrogens (tertiary/aromatic N) is 4. The summed E-state index contributed by atoms with van der Waals surface area (Å²) in [4.78, 5) is 32.0. The number of morpholine rings is 1. The molecule has 37 heavy (non-hydrogen) atoms. The van der Waals surface area contributed by atoms with Gasteiger partial charge in [-0.15, -0.1) is 11.8 Å². The van der Waals surface area contributed by atoms with Crippen molar-refractivity contribution in [2.75, 3.05) is 61.6 Å². The quantitative estimate of drug-likeness (QED) is 0.573. The molecule has 6 rings (SSSR count). The minimum absolute atomic E-state index is 0.152. The minimum Gasteiger partial charge on any atom is -0.379 e. The van der Waals surface area contributed by atoms with Crippen molar-refractivity contribution >= 4 is 45.0 Å². The fraction of sp³-hybridized carbons (Fsp3) is 0.462. The van der Waals surface area contributed by atoms with Gasteiger partial charge >= 0.3 is 0 Å². The van der Waals surface area contributed by atoms with Gasteiger partial charge in [0.25, 0.3) is 5.91 Å². The van der Waals surface area contributed by atoms with Gasteiger partial charge in [0.05, 0.1) is 36.2 Å². The highest BCUT2D eigenvalue weighted by Crippen LogP contribution is 2.55. The van der Waals surface area contributed by atoms with E-state index >= 15 is 0 Å². The number of sulfonamides is 1. The molecule has 11 heteroatoms. The molecule has 196 valence electrons. The van der Waals surface area contributed by atoms with E-state index in [0.29, 0.717) is 38.7 Å². The number of amides is 2. The van der Waals surface area contributed by atoms with E-state index in [4.69, 9.17) is 4.74 Å². The maximum absolute atomic E-state index is 14.2. The number of fused-ring (bicyclic) bond motifs is 2. The summed E-state index contributed by atoms with van der Waals surface area (Å²) in [6.45, 7) is 4.21. The summed E-state index contributed by atoms with van der Waals surface area (Å²) < 4.78 is 33.3. The van der Waals surface area contributed by atoms with Gasteiger partial charge < -0.3 is 4.74 Å². The Bertz CT molecular complexity index is 1310. The van der Waals surface area contributed by atoms with E-state index in [1.54, 1.807) is 34.1 Å². The smallest absolute Gasteiger partial charge is 0.269 e. The summed E-state index contributed by atoms with van der Waals surface area (Å²) in [5.41, 5.74) is 2.11. The van der Waals surface area contributed by atoms with Gasteiger partial charge in [0, 0.05) is 37.4 Å². The highest BCUT2D eigenvalue weighted by Gasteiger charge is 2.61. The normalized spacial score (nSPS) is 25.3. The summed E-state index contributed by atoms with van der Waals surface area (Å²) in [5, 5.41) is 0. The lowest BCUT2D eigenvalue weighted by molar-refractivity contribution is -0.124. The van der Waals surface area contributed by atoms with Gasteiger partial charge in [-0.2, -0.15) is 4.31 Å². The first-order chi connectivity index (χ1) is 17.9. The van der Waals surface area contributed by atoms with Gasteiger partial charge in [-0.1, -0.05) is 24.6 Å². The summed E-state index contributed by atoms with van der Waals surface area (Å²) in [5.74, 6) is -0.159. The van der Waals surface area contributed by atoms with Gasteiger partial charge in [-0.25, -0.2) is 8.42 Å². The van der Waals surface area contributed by atoms with Crippen LogP contribution in [0.1, 0.15) is 24.8 Å². The van der Waals surface area contributed by atoms with Crippen molar-refractivity contribution in [1.29, 1.82) is 0 Å². The molecule has 0 saturated carbocycles. The van der Waals surface area contributed by atoms with E-state index in [1.165, 1.54) is 16.1 Å². The number of para-hydroxylation sites is 1. The van der Waals surface area contributed by atoms with E-state index in [2.05, 4.69) is 4.90 Å². The molecular weight excluding hydrogens is 512 g/mol. The van der Waals surface area contributed by atoms with Crippen LogP contribution in [0.2, 0.25) is 0 Å². The van der Waals surface area contributed by atoms with Crippen molar-refractivity contribution in [1.82, 2.24) is 9.21 Å². The molecule has 4 aliphatic rings. The van der Waals surface area contributed by atoms with Crippen LogP contribution >= 0.6 is 11.8 Å². The average Bonchev–Trinajstić information content (AvgIpc) is 3.40. The molecule has 2 aromatic rings. The van der Waals surface area contributed by atoms with Crippen molar-refractivity contribution in [3.8, 4) is 0 Å². The average molecular weight is 543 g/mol. The summed E-state index contributed by atoms with van der Waals surface area (Å²) >= 11 is 1.33. The van der Waals surface area contributed by atoms with Crippen LogP contribution in [0.15, 0.2) is 53.4 Å². The lowest BCUT2D eigenvalue weighted by Crippen LogP contribution is -2.52. The predicted octanol–water partition coefficient (Wildman–Crippen LogP) is 2.43. The predicted molar refractivity (Wildman–Crippen MR) is 142 cm³/mol. The number of anilines is 2. The van der Waals surface area contributed by atoms with Gasteiger partial charge in [0.1, 0.15) is 0 Å². The number of thioether (sulfide) groups is 1. The van der Waals surface area contributed by atoms with Gasteiger partial charge in [-0.3, -0.25) is 24.3 Å². The largest absolute Gasteiger partial charge is 0.379 e. The molecule has 0 bridgehead atoms. The Morgan fingerprint density at radius 2 is 1.59 bits per heavy atom. The number of rotatable bonds is 5. The van der Waals surface area contributed by atoms with Gasteiger partial charge in [0.2, 0.25) is 20.8 Å². The summed E-state index contributed by atoms with van der Waals surface area (Å²) in [6.07, 6.45) is 2.77. The molecule has 2 amide bonds. The molecule has 1 unspecified atom stereocenters. The van der Waals surface area contributed by atoms with Crippen molar-refractivity contribution < 1.29 is 22.7 Å². The van der Waals surface area contributed by atoms with E-state index in [-0.39, 0.29) is 22.5 Å². The molecular formula is C26H30N4O5S2. The number of ether oxygens (including phenoxy) is 1. The summed E-state index contributed by atoms with van der Waals surface area (Å²) in [7, 11) is -3.59. The Hall–Kier alpha value is -2.44. The number of hydrogen-bond acceptors (Lipinski definition) is 7. The zero-order valence-electron chi connectivity index (χ0n) is 20.5. The first kappa shape index (κ1) is 24.9. The van der Waals surface area contributed by atoms with Crippen LogP contribution in [0.4, 0.5) is 11.4 Å². The number of benzene rings is 2.